The number of rotatable bonds is 2. The largest absolute Gasteiger partial charge is 0.329 e. The van der Waals surface area contributed by atoms with E-state index >= 15 is 0 Å². The summed E-state index contributed by atoms with van der Waals surface area (Å²) in [6.45, 7) is 5.82. The zero-order valence-electron chi connectivity index (χ0n) is 11.4. The van der Waals surface area contributed by atoms with Crippen LogP contribution >= 0.6 is 0 Å². The number of nitrogens with zero attached hydrogens (tertiary/aromatic N) is 2. The van der Waals surface area contributed by atoms with E-state index in [4.69, 9.17) is 5.73 Å². The molecule has 2 aliphatic rings. The molecule has 2 fully saturated rings. The first-order chi connectivity index (χ1) is 8.38. The second-order valence-electron chi connectivity index (χ2n) is 5.86. The first-order valence-corrected chi connectivity index (χ1v) is 8.56. The van der Waals surface area contributed by atoms with E-state index in [1.54, 1.807) is 0 Å². The predicted octanol–water partition coefficient (Wildman–Crippen LogP) is -0.472. The van der Waals surface area contributed by atoms with Crippen LogP contribution in [0.4, 0.5) is 0 Å². The van der Waals surface area contributed by atoms with Crippen LogP contribution in [-0.2, 0) is 9.84 Å². The normalized spacial score (nSPS) is 33.4. The van der Waals surface area contributed by atoms with Crippen molar-refractivity contribution in [2.75, 3.05) is 44.7 Å². The summed E-state index contributed by atoms with van der Waals surface area (Å²) < 4.78 is 23.2. The third kappa shape index (κ3) is 2.71. The monoisotopic (exact) mass is 275 g/mol. The predicted molar refractivity (Wildman–Crippen MR) is 73.3 cm³/mol. The lowest BCUT2D eigenvalue weighted by Crippen LogP contribution is -2.64. The maximum Gasteiger partial charge on any atom is 0.150 e. The highest BCUT2D eigenvalue weighted by Crippen LogP contribution is 2.31. The molecule has 0 aliphatic carbocycles. The minimum Gasteiger partial charge on any atom is -0.329 e. The third-order valence-electron chi connectivity index (χ3n) is 4.77. The van der Waals surface area contributed by atoms with E-state index in [2.05, 4.69) is 23.8 Å². The zero-order valence-corrected chi connectivity index (χ0v) is 12.2. The van der Waals surface area contributed by atoms with Gasteiger partial charge >= 0.3 is 0 Å². The standard InChI is InChI=1S/C12H25N3O2S/c1-11-9-15(6-5-14(11)2)12(10-13)3-7-18(16,17)8-4-12/h11H,3-10,13H2,1-2H3. The average Bonchev–Trinajstić information content (AvgIpc) is 2.34. The number of likely N-dealkylation sites (N-methyl/N-ethyl adjacent to an activating group) is 1. The van der Waals surface area contributed by atoms with Gasteiger partial charge in [0.25, 0.3) is 0 Å². The van der Waals surface area contributed by atoms with Crippen LogP contribution in [0.15, 0.2) is 0 Å². The molecule has 2 heterocycles. The molecule has 106 valence electrons. The summed E-state index contributed by atoms with van der Waals surface area (Å²) in [6, 6.07) is 0.515. The smallest absolute Gasteiger partial charge is 0.150 e. The molecule has 0 bridgehead atoms. The quantitative estimate of drug-likeness (QED) is 0.738. The lowest BCUT2D eigenvalue weighted by molar-refractivity contribution is 0.0125. The fourth-order valence-electron chi connectivity index (χ4n) is 3.05. The van der Waals surface area contributed by atoms with Gasteiger partial charge in [0.1, 0.15) is 9.84 Å². The van der Waals surface area contributed by atoms with Gasteiger partial charge in [-0.3, -0.25) is 4.90 Å². The molecule has 5 nitrogen and oxygen atoms in total. The van der Waals surface area contributed by atoms with E-state index in [1.807, 2.05) is 0 Å². The third-order valence-corrected chi connectivity index (χ3v) is 6.42. The summed E-state index contributed by atoms with van der Waals surface area (Å²) in [4.78, 5) is 4.78. The highest BCUT2D eigenvalue weighted by atomic mass is 32.2. The van der Waals surface area contributed by atoms with Crippen LogP contribution in [0.3, 0.4) is 0 Å². The van der Waals surface area contributed by atoms with Crippen molar-refractivity contribution in [3.05, 3.63) is 0 Å². The van der Waals surface area contributed by atoms with E-state index in [0.717, 1.165) is 19.6 Å². The highest BCUT2D eigenvalue weighted by molar-refractivity contribution is 7.91. The summed E-state index contributed by atoms with van der Waals surface area (Å²) in [5.74, 6) is 0.593. The van der Waals surface area contributed by atoms with Crippen molar-refractivity contribution < 1.29 is 8.42 Å². The number of piperazine rings is 1. The topological polar surface area (TPSA) is 66.6 Å². The van der Waals surface area contributed by atoms with Gasteiger partial charge in [-0.2, -0.15) is 0 Å². The fraction of sp³-hybridized carbons (Fsp3) is 1.00. The Labute approximate surface area is 110 Å². The SMILES string of the molecule is CC1CN(C2(CN)CCS(=O)(=O)CC2)CCN1C. The second-order valence-corrected chi connectivity index (χ2v) is 8.16. The van der Waals surface area contributed by atoms with Crippen LogP contribution in [0.25, 0.3) is 0 Å². The van der Waals surface area contributed by atoms with E-state index in [0.29, 0.717) is 36.9 Å². The Bertz CT molecular complexity index is 382. The number of hydrogen-bond donors (Lipinski definition) is 1. The number of hydrogen-bond acceptors (Lipinski definition) is 5. The summed E-state index contributed by atoms with van der Waals surface area (Å²) in [7, 11) is -0.678. The number of nitrogens with two attached hydrogens (primary N) is 1. The van der Waals surface area contributed by atoms with Crippen molar-refractivity contribution in [3.63, 3.8) is 0 Å². The van der Waals surface area contributed by atoms with Gasteiger partial charge in [-0.15, -0.1) is 0 Å². The highest BCUT2D eigenvalue weighted by Gasteiger charge is 2.42. The molecular weight excluding hydrogens is 250 g/mol. The van der Waals surface area contributed by atoms with Gasteiger partial charge in [0, 0.05) is 37.8 Å². The van der Waals surface area contributed by atoms with Crippen LogP contribution in [0.5, 0.6) is 0 Å². The lowest BCUT2D eigenvalue weighted by atomic mass is 9.88. The molecule has 0 amide bonds. The van der Waals surface area contributed by atoms with Crippen molar-refractivity contribution in [1.82, 2.24) is 9.80 Å². The Hall–Kier alpha value is -0.170. The van der Waals surface area contributed by atoms with E-state index in [-0.39, 0.29) is 5.54 Å². The number of sulfone groups is 1. The molecule has 2 N–H and O–H groups in total. The van der Waals surface area contributed by atoms with Crippen molar-refractivity contribution in [1.29, 1.82) is 0 Å². The molecule has 1 atom stereocenters. The molecule has 1 unspecified atom stereocenters. The fourth-order valence-corrected chi connectivity index (χ4v) is 4.63. The Kier molecular flexibility index (Phi) is 4.02. The zero-order chi connectivity index (χ0) is 13.4. The summed E-state index contributed by atoms with van der Waals surface area (Å²) >= 11 is 0. The Balaban J connectivity index is 2.09. The van der Waals surface area contributed by atoms with E-state index < -0.39 is 9.84 Å². The first-order valence-electron chi connectivity index (χ1n) is 6.74. The Morgan fingerprint density at radius 3 is 2.39 bits per heavy atom. The molecule has 0 aromatic heterocycles. The molecule has 0 saturated carbocycles. The summed E-state index contributed by atoms with van der Waals surface area (Å²) in [6.07, 6.45) is 1.39. The molecule has 0 radical (unpaired) electrons. The van der Waals surface area contributed by atoms with Crippen molar-refractivity contribution >= 4 is 9.84 Å². The van der Waals surface area contributed by atoms with Gasteiger partial charge in [-0.25, -0.2) is 8.42 Å². The van der Waals surface area contributed by atoms with Crippen LogP contribution < -0.4 is 5.73 Å². The Morgan fingerprint density at radius 1 is 1.28 bits per heavy atom. The molecule has 0 spiro atoms. The summed E-state index contributed by atoms with van der Waals surface area (Å²) in [5, 5.41) is 0. The van der Waals surface area contributed by atoms with Gasteiger partial charge in [-0.1, -0.05) is 0 Å². The van der Waals surface area contributed by atoms with E-state index in [9.17, 15) is 8.42 Å². The molecular formula is C12H25N3O2S. The van der Waals surface area contributed by atoms with Crippen LogP contribution in [0.2, 0.25) is 0 Å². The van der Waals surface area contributed by atoms with Gasteiger partial charge in [-0.05, 0) is 26.8 Å². The Morgan fingerprint density at radius 2 is 1.89 bits per heavy atom. The van der Waals surface area contributed by atoms with E-state index in [1.165, 1.54) is 0 Å². The lowest BCUT2D eigenvalue weighted by Gasteiger charge is -2.50. The van der Waals surface area contributed by atoms with Gasteiger partial charge < -0.3 is 10.6 Å². The summed E-state index contributed by atoms with van der Waals surface area (Å²) in [5.41, 5.74) is 5.91. The van der Waals surface area contributed by atoms with Gasteiger partial charge in [0.05, 0.1) is 11.5 Å². The van der Waals surface area contributed by atoms with Gasteiger partial charge in [0.15, 0.2) is 0 Å². The molecule has 0 aromatic carbocycles. The molecule has 6 heteroatoms. The molecule has 2 aliphatic heterocycles. The molecule has 2 rings (SSSR count). The minimum atomic E-state index is -2.82. The van der Waals surface area contributed by atoms with Crippen molar-refractivity contribution in [2.24, 2.45) is 5.73 Å². The minimum absolute atomic E-state index is 0.0825. The second kappa shape index (κ2) is 5.07. The average molecular weight is 275 g/mol. The molecule has 18 heavy (non-hydrogen) atoms. The molecule has 2 saturated heterocycles. The van der Waals surface area contributed by atoms with Crippen LogP contribution in [0.1, 0.15) is 19.8 Å². The van der Waals surface area contributed by atoms with Crippen molar-refractivity contribution in [3.8, 4) is 0 Å². The maximum atomic E-state index is 11.6. The van der Waals surface area contributed by atoms with Gasteiger partial charge in [0.2, 0.25) is 0 Å². The first kappa shape index (κ1) is 14.2. The van der Waals surface area contributed by atoms with Crippen molar-refractivity contribution in [2.45, 2.75) is 31.3 Å². The van der Waals surface area contributed by atoms with Crippen LogP contribution in [0, 0.1) is 0 Å². The van der Waals surface area contributed by atoms with Crippen LogP contribution in [-0.4, -0.2) is 74.5 Å². The molecule has 0 aromatic rings. The maximum absolute atomic E-state index is 11.6.